The molecule has 0 saturated carbocycles. The van der Waals surface area contributed by atoms with Gasteiger partial charge in [-0.15, -0.1) is 0 Å². The molecule has 3 heterocycles. The van der Waals surface area contributed by atoms with Crippen molar-refractivity contribution in [1.29, 1.82) is 0 Å². The molecule has 1 aromatic heterocycles. The zero-order chi connectivity index (χ0) is 15.2. The summed E-state index contributed by atoms with van der Waals surface area (Å²) in [5.41, 5.74) is -0.250. The van der Waals surface area contributed by atoms with Gasteiger partial charge in [0.2, 0.25) is 0 Å². The lowest BCUT2D eigenvalue weighted by molar-refractivity contribution is 0.0548. The Morgan fingerprint density at radius 3 is 2.76 bits per heavy atom. The van der Waals surface area contributed by atoms with Gasteiger partial charge in [-0.25, -0.2) is 4.79 Å². The Hall–Kier alpha value is -2.05. The second-order valence-electron chi connectivity index (χ2n) is 6.15. The molecule has 2 aliphatic rings. The van der Waals surface area contributed by atoms with Gasteiger partial charge in [0.1, 0.15) is 5.76 Å². The zero-order valence-corrected chi connectivity index (χ0v) is 12.5. The quantitative estimate of drug-likeness (QED) is 0.825. The van der Waals surface area contributed by atoms with Gasteiger partial charge >= 0.3 is 6.09 Å². The van der Waals surface area contributed by atoms with E-state index in [1.165, 1.54) is 0 Å². The van der Waals surface area contributed by atoms with E-state index in [0.29, 0.717) is 37.5 Å². The minimum absolute atomic E-state index is 0.173. The number of ether oxygens (including phenoxy) is 1. The minimum Gasteiger partial charge on any atom is -0.439 e. The predicted molar refractivity (Wildman–Crippen MR) is 73.0 cm³/mol. The third-order valence-electron chi connectivity index (χ3n) is 4.06. The monoisotopic (exact) mass is 293 g/mol. The Bertz CT molecular complexity index is 583. The molecule has 7 heteroatoms. The molecular formula is C14H19N3O4. The molecule has 0 bridgehead atoms. The van der Waals surface area contributed by atoms with E-state index in [9.17, 15) is 9.59 Å². The maximum Gasteiger partial charge on any atom is 0.410 e. The first kappa shape index (κ1) is 13.9. The number of likely N-dealkylation sites (N-methyl/N-ethyl adjacent to an activating group) is 1. The lowest BCUT2D eigenvalue weighted by Gasteiger charge is -2.21. The van der Waals surface area contributed by atoms with Crippen molar-refractivity contribution >= 4 is 12.0 Å². The molecule has 2 fully saturated rings. The summed E-state index contributed by atoms with van der Waals surface area (Å²) in [6.45, 7) is 5.45. The van der Waals surface area contributed by atoms with Crippen molar-refractivity contribution in [3.63, 3.8) is 0 Å². The SMILES string of the molecule is CC(C)c1cc(C(=O)N2CC[C@@]3(CN(C)C(=O)O3)C2)no1. The van der Waals surface area contributed by atoms with Crippen molar-refractivity contribution in [2.45, 2.75) is 31.8 Å². The summed E-state index contributed by atoms with van der Waals surface area (Å²) in [4.78, 5) is 27.2. The normalized spacial score (nSPS) is 25.2. The molecule has 1 spiro atoms. The molecule has 21 heavy (non-hydrogen) atoms. The molecule has 0 aromatic carbocycles. The molecule has 0 unspecified atom stereocenters. The molecule has 0 aliphatic carbocycles. The van der Waals surface area contributed by atoms with Crippen molar-refractivity contribution in [1.82, 2.24) is 15.0 Å². The molecule has 3 rings (SSSR count). The van der Waals surface area contributed by atoms with Crippen LogP contribution in [-0.2, 0) is 4.74 Å². The van der Waals surface area contributed by atoms with Gasteiger partial charge in [-0.3, -0.25) is 4.79 Å². The average molecular weight is 293 g/mol. The third-order valence-corrected chi connectivity index (χ3v) is 4.06. The molecule has 2 amide bonds. The largest absolute Gasteiger partial charge is 0.439 e. The predicted octanol–water partition coefficient (Wildman–Crippen LogP) is 1.46. The van der Waals surface area contributed by atoms with Gasteiger partial charge in [-0.2, -0.15) is 0 Å². The lowest BCUT2D eigenvalue weighted by Crippen LogP contribution is -2.39. The summed E-state index contributed by atoms with van der Waals surface area (Å²) in [6.07, 6.45) is 0.330. The molecule has 2 saturated heterocycles. The second-order valence-corrected chi connectivity index (χ2v) is 6.15. The zero-order valence-electron chi connectivity index (χ0n) is 12.5. The van der Waals surface area contributed by atoms with E-state index in [0.717, 1.165) is 0 Å². The van der Waals surface area contributed by atoms with Crippen molar-refractivity contribution in [2.24, 2.45) is 0 Å². The first-order valence-corrected chi connectivity index (χ1v) is 7.10. The first-order valence-electron chi connectivity index (χ1n) is 7.10. The number of carbonyl (C=O) groups is 2. The van der Waals surface area contributed by atoms with Gasteiger partial charge < -0.3 is 19.1 Å². The van der Waals surface area contributed by atoms with Crippen molar-refractivity contribution in [3.05, 3.63) is 17.5 Å². The smallest absolute Gasteiger partial charge is 0.410 e. The maximum atomic E-state index is 12.4. The lowest BCUT2D eigenvalue weighted by atomic mass is 10.0. The van der Waals surface area contributed by atoms with E-state index in [2.05, 4.69) is 5.16 Å². The highest BCUT2D eigenvalue weighted by Crippen LogP contribution is 2.32. The summed E-state index contributed by atoms with van der Waals surface area (Å²) in [6, 6.07) is 1.69. The second kappa shape index (κ2) is 4.75. The fourth-order valence-electron chi connectivity index (χ4n) is 2.85. The van der Waals surface area contributed by atoms with Crippen LogP contribution in [0.3, 0.4) is 0 Å². The Labute approximate surface area is 122 Å². The Morgan fingerprint density at radius 2 is 2.19 bits per heavy atom. The van der Waals surface area contributed by atoms with Gasteiger partial charge in [-0.05, 0) is 0 Å². The van der Waals surface area contributed by atoms with E-state index in [-0.39, 0.29) is 17.9 Å². The number of amides is 2. The van der Waals surface area contributed by atoms with Gasteiger partial charge in [0.05, 0.1) is 13.1 Å². The Balaban J connectivity index is 1.71. The minimum atomic E-state index is -0.563. The number of carbonyl (C=O) groups excluding carboxylic acids is 2. The number of hydrogen-bond acceptors (Lipinski definition) is 5. The molecule has 7 nitrogen and oxygen atoms in total. The van der Waals surface area contributed by atoms with Gasteiger partial charge in [-0.1, -0.05) is 19.0 Å². The number of likely N-dealkylation sites (tertiary alicyclic amines) is 1. The first-order chi connectivity index (χ1) is 9.90. The van der Waals surface area contributed by atoms with Crippen molar-refractivity contribution < 1.29 is 18.8 Å². The van der Waals surface area contributed by atoms with Crippen LogP contribution in [0.15, 0.2) is 10.6 Å². The van der Waals surface area contributed by atoms with Crippen LogP contribution in [0.25, 0.3) is 0 Å². The van der Waals surface area contributed by atoms with Gasteiger partial charge in [0, 0.05) is 32.0 Å². The van der Waals surface area contributed by atoms with E-state index in [4.69, 9.17) is 9.26 Å². The van der Waals surface area contributed by atoms with Crippen LogP contribution < -0.4 is 0 Å². The van der Waals surface area contributed by atoms with Crippen molar-refractivity contribution in [3.8, 4) is 0 Å². The van der Waals surface area contributed by atoms with Crippen LogP contribution in [0.5, 0.6) is 0 Å². The highest BCUT2D eigenvalue weighted by Gasteiger charge is 2.49. The van der Waals surface area contributed by atoms with Crippen LogP contribution in [0.1, 0.15) is 42.4 Å². The number of hydrogen-bond donors (Lipinski definition) is 0. The molecule has 1 aromatic rings. The molecule has 114 valence electrons. The fourth-order valence-corrected chi connectivity index (χ4v) is 2.85. The highest BCUT2D eigenvalue weighted by molar-refractivity contribution is 5.92. The molecule has 2 aliphatic heterocycles. The number of aromatic nitrogens is 1. The highest BCUT2D eigenvalue weighted by atomic mass is 16.6. The Kier molecular flexibility index (Phi) is 3.15. The van der Waals surface area contributed by atoms with Crippen LogP contribution >= 0.6 is 0 Å². The summed E-state index contributed by atoms with van der Waals surface area (Å²) < 4.78 is 10.6. The molecule has 0 radical (unpaired) electrons. The van der Waals surface area contributed by atoms with E-state index in [1.807, 2.05) is 13.8 Å². The Morgan fingerprint density at radius 1 is 1.43 bits per heavy atom. The summed E-state index contributed by atoms with van der Waals surface area (Å²) in [7, 11) is 1.70. The summed E-state index contributed by atoms with van der Waals surface area (Å²) in [5, 5.41) is 3.84. The van der Waals surface area contributed by atoms with E-state index in [1.54, 1.807) is 22.9 Å². The third kappa shape index (κ3) is 2.36. The molecule has 1 atom stereocenters. The number of nitrogens with zero attached hydrogens (tertiary/aromatic N) is 3. The fraction of sp³-hybridized carbons (Fsp3) is 0.643. The van der Waals surface area contributed by atoms with Crippen LogP contribution in [0.2, 0.25) is 0 Å². The maximum absolute atomic E-state index is 12.4. The topological polar surface area (TPSA) is 75.9 Å². The van der Waals surface area contributed by atoms with E-state index >= 15 is 0 Å². The van der Waals surface area contributed by atoms with Gasteiger partial charge in [0.15, 0.2) is 11.3 Å². The van der Waals surface area contributed by atoms with Crippen LogP contribution in [0, 0.1) is 0 Å². The van der Waals surface area contributed by atoms with Crippen LogP contribution in [-0.4, -0.2) is 59.2 Å². The summed E-state index contributed by atoms with van der Waals surface area (Å²) >= 11 is 0. The molecule has 0 N–H and O–H groups in total. The average Bonchev–Trinajstić information content (AvgIpc) is 3.10. The standard InChI is InChI=1S/C14H19N3O4/c1-9(2)11-6-10(15-21-11)12(18)17-5-4-14(8-17)7-16(3)13(19)20-14/h6,9H,4-5,7-8H2,1-3H3/t14-/m1/s1. The number of rotatable bonds is 2. The van der Waals surface area contributed by atoms with Crippen LogP contribution in [0.4, 0.5) is 4.79 Å². The van der Waals surface area contributed by atoms with E-state index < -0.39 is 5.60 Å². The molecular weight excluding hydrogens is 274 g/mol. The van der Waals surface area contributed by atoms with Crippen molar-refractivity contribution in [2.75, 3.05) is 26.7 Å². The summed E-state index contributed by atoms with van der Waals surface area (Å²) in [5.74, 6) is 0.709. The van der Waals surface area contributed by atoms with Gasteiger partial charge in [0.25, 0.3) is 5.91 Å².